The fourth-order valence-corrected chi connectivity index (χ4v) is 6.15. The standard InChI is InChI=1S/C17H19N3O3S2/c1-10(2)11-3-5-12(6-4-11)13-7-24-17(19-13)20-15-9-25(22,23)8-14(15)18-16(20)21/h3-7,10,14-15H,8-9H2,1-2H3,(H,18,21)/t14-,15-/m0/s1. The number of thiazole rings is 1. The number of carbonyl (C=O) groups is 1. The van der Waals surface area contributed by atoms with Crippen molar-refractivity contribution in [1.82, 2.24) is 10.3 Å². The number of nitrogens with zero attached hydrogens (tertiary/aromatic N) is 2. The summed E-state index contributed by atoms with van der Waals surface area (Å²) in [5.41, 5.74) is 3.05. The van der Waals surface area contributed by atoms with Crippen molar-refractivity contribution >= 4 is 32.3 Å². The van der Waals surface area contributed by atoms with Crippen molar-refractivity contribution in [2.24, 2.45) is 0 Å². The van der Waals surface area contributed by atoms with Gasteiger partial charge in [0.2, 0.25) is 0 Å². The third-order valence-electron chi connectivity index (χ3n) is 4.75. The molecule has 1 aromatic heterocycles. The minimum atomic E-state index is -3.11. The smallest absolute Gasteiger partial charge is 0.324 e. The van der Waals surface area contributed by atoms with Gasteiger partial charge in [-0.25, -0.2) is 18.2 Å². The first-order chi connectivity index (χ1) is 11.8. The molecular weight excluding hydrogens is 358 g/mol. The molecule has 2 aliphatic rings. The normalized spacial score (nSPS) is 24.6. The number of nitrogens with one attached hydrogen (secondary N) is 1. The van der Waals surface area contributed by atoms with Gasteiger partial charge in [0.1, 0.15) is 0 Å². The number of carbonyl (C=O) groups excluding carboxylic acids is 1. The van der Waals surface area contributed by atoms with Crippen LogP contribution in [0.15, 0.2) is 29.6 Å². The van der Waals surface area contributed by atoms with Gasteiger partial charge in [0.15, 0.2) is 15.0 Å². The van der Waals surface area contributed by atoms with Crippen molar-refractivity contribution in [3.8, 4) is 11.3 Å². The van der Waals surface area contributed by atoms with Crippen molar-refractivity contribution in [3.63, 3.8) is 0 Å². The van der Waals surface area contributed by atoms with Crippen LogP contribution >= 0.6 is 11.3 Å². The highest BCUT2D eigenvalue weighted by molar-refractivity contribution is 7.91. The Labute approximate surface area is 150 Å². The largest absolute Gasteiger partial charge is 0.332 e. The average molecular weight is 377 g/mol. The number of amides is 2. The van der Waals surface area contributed by atoms with E-state index in [9.17, 15) is 13.2 Å². The lowest BCUT2D eigenvalue weighted by atomic mass is 10.0. The van der Waals surface area contributed by atoms with Crippen LogP contribution in [0, 0.1) is 0 Å². The number of fused-ring (bicyclic) bond motifs is 1. The summed E-state index contributed by atoms with van der Waals surface area (Å²) in [6.07, 6.45) is 0. The molecule has 0 aliphatic carbocycles. The van der Waals surface area contributed by atoms with E-state index in [-0.39, 0.29) is 29.6 Å². The van der Waals surface area contributed by atoms with Gasteiger partial charge in [-0.1, -0.05) is 38.1 Å². The van der Waals surface area contributed by atoms with Crippen LogP contribution in [0.5, 0.6) is 0 Å². The van der Waals surface area contributed by atoms with Crippen LogP contribution in [0.4, 0.5) is 9.93 Å². The van der Waals surface area contributed by atoms with E-state index in [1.165, 1.54) is 21.8 Å². The lowest BCUT2D eigenvalue weighted by molar-refractivity contribution is 0.251. The predicted molar refractivity (Wildman–Crippen MR) is 98.9 cm³/mol. The predicted octanol–water partition coefficient (Wildman–Crippen LogP) is 2.63. The van der Waals surface area contributed by atoms with Gasteiger partial charge in [-0.2, -0.15) is 0 Å². The second-order valence-corrected chi connectivity index (χ2v) is 9.85. The number of anilines is 1. The van der Waals surface area contributed by atoms with Crippen LogP contribution in [-0.4, -0.2) is 43.0 Å². The molecule has 25 heavy (non-hydrogen) atoms. The Balaban J connectivity index is 1.62. The van der Waals surface area contributed by atoms with Gasteiger partial charge in [-0.05, 0) is 11.5 Å². The second kappa shape index (κ2) is 5.81. The maximum absolute atomic E-state index is 12.3. The minimum absolute atomic E-state index is 0.00555. The monoisotopic (exact) mass is 377 g/mol. The maximum atomic E-state index is 12.3. The molecule has 2 atom stereocenters. The highest BCUT2D eigenvalue weighted by atomic mass is 32.2. The number of aromatic nitrogens is 1. The molecule has 2 amide bonds. The van der Waals surface area contributed by atoms with Crippen molar-refractivity contribution in [2.75, 3.05) is 16.4 Å². The van der Waals surface area contributed by atoms with E-state index in [0.29, 0.717) is 11.0 Å². The van der Waals surface area contributed by atoms with E-state index in [1.807, 2.05) is 17.5 Å². The Morgan fingerprint density at radius 2 is 1.96 bits per heavy atom. The Bertz CT molecular complexity index is 919. The molecule has 2 saturated heterocycles. The lowest BCUT2D eigenvalue weighted by Gasteiger charge is -2.17. The van der Waals surface area contributed by atoms with Crippen LogP contribution < -0.4 is 10.2 Å². The Kier molecular flexibility index (Phi) is 3.84. The molecule has 6 nitrogen and oxygen atoms in total. The summed E-state index contributed by atoms with van der Waals surface area (Å²) in [6.45, 7) is 4.29. The Morgan fingerprint density at radius 3 is 2.64 bits per heavy atom. The zero-order valence-corrected chi connectivity index (χ0v) is 15.6. The molecule has 0 unspecified atom stereocenters. The highest BCUT2D eigenvalue weighted by Gasteiger charge is 2.50. The van der Waals surface area contributed by atoms with E-state index in [4.69, 9.17) is 0 Å². The van der Waals surface area contributed by atoms with Gasteiger partial charge in [-0.15, -0.1) is 11.3 Å². The third-order valence-corrected chi connectivity index (χ3v) is 7.31. The summed E-state index contributed by atoms with van der Waals surface area (Å²) < 4.78 is 23.7. The molecule has 1 aromatic carbocycles. The van der Waals surface area contributed by atoms with Gasteiger partial charge in [0.25, 0.3) is 0 Å². The van der Waals surface area contributed by atoms with E-state index in [0.717, 1.165) is 11.3 Å². The molecule has 0 saturated carbocycles. The van der Waals surface area contributed by atoms with Gasteiger partial charge in [0, 0.05) is 10.9 Å². The quantitative estimate of drug-likeness (QED) is 0.834. The zero-order valence-electron chi connectivity index (χ0n) is 14.0. The van der Waals surface area contributed by atoms with Crippen molar-refractivity contribution in [2.45, 2.75) is 31.8 Å². The number of rotatable bonds is 3. The molecular formula is C17H19N3O3S2. The van der Waals surface area contributed by atoms with Gasteiger partial charge >= 0.3 is 6.03 Å². The molecule has 4 rings (SSSR count). The number of hydrogen-bond donors (Lipinski definition) is 1. The van der Waals surface area contributed by atoms with Gasteiger partial charge in [-0.3, -0.25) is 4.90 Å². The van der Waals surface area contributed by atoms with Crippen LogP contribution in [0.25, 0.3) is 11.3 Å². The third kappa shape index (κ3) is 2.93. The molecule has 2 aliphatic heterocycles. The second-order valence-electron chi connectivity index (χ2n) is 6.86. The van der Waals surface area contributed by atoms with Gasteiger partial charge in [0.05, 0.1) is 29.3 Å². The molecule has 132 valence electrons. The van der Waals surface area contributed by atoms with E-state index >= 15 is 0 Å². The summed E-state index contributed by atoms with van der Waals surface area (Å²) >= 11 is 1.36. The number of benzene rings is 1. The molecule has 2 fully saturated rings. The molecule has 2 aromatic rings. The van der Waals surface area contributed by atoms with Crippen LogP contribution in [0.3, 0.4) is 0 Å². The zero-order chi connectivity index (χ0) is 17.8. The highest BCUT2D eigenvalue weighted by Crippen LogP contribution is 2.34. The Morgan fingerprint density at radius 1 is 1.24 bits per heavy atom. The maximum Gasteiger partial charge on any atom is 0.324 e. The molecule has 0 radical (unpaired) electrons. The summed E-state index contributed by atoms with van der Waals surface area (Å²) in [7, 11) is -3.11. The SMILES string of the molecule is CC(C)c1ccc(-c2csc(N3C(=O)N[C@H]4CS(=O)(=O)C[C@@H]43)n2)cc1. The van der Waals surface area contributed by atoms with E-state index in [1.54, 1.807) is 0 Å². The van der Waals surface area contributed by atoms with Crippen LogP contribution in [0.2, 0.25) is 0 Å². The first kappa shape index (κ1) is 16.5. The number of sulfone groups is 1. The summed E-state index contributed by atoms with van der Waals surface area (Å²) in [4.78, 5) is 18.3. The minimum Gasteiger partial charge on any atom is -0.332 e. The molecule has 3 heterocycles. The first-order valence-electron chi connectivity index (χ1n) is 8.20. The molecule has 0 spiro atoms. The topological polar surface area (TPSA) is 79.4 Å². The molecule has 1 N–H and O–H groups in total. The van der Waals surface area contributed by atoms with Crippen LogP contribution in [0.1, 0.15) is 25.3 Å². The van der Waals surface area contributed by atoms with E-state index < -0.39 is 9.84 Å². The van der Waals surface area contributed by atoms with Crippen molar-refractivity contribution in [3.05, 3.63) is 35.2 Å². The average Bonchev–Trinajstić information content (AvgIpc) is 3.19. The van der Waals surface area contributed by atoms with Crippen LogP contribution in [-0.2, 0) is 9.84 Å². The Hall–Kier alpha value is -1.93. The summed E-state index contributed by atoms with van der Waals surface area (Å²) in [6, 6.07) is 7.26. The van der Waals surface area contributed by atoms with Crippen molar-refractivity contribution in [1.29, 1.82) is 0 Å². The fraction of sp³-hybridized carbons (Fsp3) is 0.412. The fourth-order valence-electron chi connectivity index (χ4n) is 3.38. The van der Waals surface area contributed by atoms with Crippen molar-refractivity contribution < 1.29 is 13.2 Å². The number of urea groups is 1. The molecule has 0 bridgehead atoms. The first-order valence-corrected chi connectivity index (χ1v) is 10.9. The van der Waals surface area contributed by atoms with E-state index in [2.05, 4.69) is 36.3 Å². The molecule has 8 heteroatoms. The summed E-state index contributed by atoms with van der Waals surface area (Å²) in [5.74, 6) is 0.470. The lowest BCUT2D eigenvalue weighted by Crippen LogP contribution is -2.36. The number of hydrogen-bond acceptors (Lipinski definition) is 5. The van der Waals surface area contributed by atoms with Gasteiger partial charge < -0.3 is 5.32 Å². The summed E-state index contributed by atoms with van der Waals surface area (Å²) in [5, 5.41) is 5.22.